The van der Waals surface area contributed by atoms with Crippen LogP contribution < -0.4 is 4.74 Å². The Balaban J connectivity index is 2.52. The Morgan fingerprint density at radius 3 is 2.43 bits per heavy atom. The van der Waals surface area contributed by atoms with Gasteiger partial charge in [0.25, 0.3) is 0 Å². The third kappa shape index (κ3) is 2.96. The van der Waals surface area contributed by atoms with E-state index in [-0.39, 0.29) is 16.5 Å². The zero-order valence-corrected chi connectivity index (χ0v) is 12.1. The molecule has 6 heteroatoms. The van der Waals surface area contributed by atoms with Crippen LogP contribution in [0.3, 0.4) is 0 Å². The Morgan fingerprint density at radius 1 is 1.29 bits per heavy atom. The van der Waals surface area contributed by atoms with Gasteiger partial charge in [-0.25, -0.2) is 0 Å². The number of para-hydroxylation sites is 1. The van der Waals surface area contributed by atoms with Gasteiger partial charge in [-0.15, -0.1) is 0 Å². The van der Waals surface area contributed by atoms with Crippen molar-refractivity contribution in [1.82, 2.24) is 0 Å². The van der Waals surface area contributed by atoms with Crippen LogP contribution in [0.2, 0.25) is 5.02 Å². The largest absolute Gasteiger partial charge is 0.450 e. The molecule has 0 aliphatic carbocycles. The number of rotatable bonds is 3. The Labute approximate surface area is 126 Å². The molecule has 0 aromatic heterocycles. The maximum absolute atomic E-state index is 11.1. The number of aryl methyl sites for hydroxylation is 2. The van der Waals surface area contributed by atoms with Gasteiger partial charge < -0.3 is 4.74 Å². The first-order chi connectivity index (χ1) is 9.93. The van der Waals surface area contributed by atoms with E-state index in [4.69, 9.17) is 21.6 Å². The minimum Gasteiger partial charge on any atom is -0.450 e. The molecule has 0 unspecified atom stereocenters. The zero-order valence-electron chi connectivity index (χ0n) is 11.4. The number of nitrogens with zero attached hydrogens (tertiary/aromatic N) is 2. The number of hydrogen-bond donors (Lipinski definition) is 0. The lowest BCUT2D eigenvalue weighted by Crippen LogP contribution is -1.97. The maximum Gasteiger partial charge on any atom is 0.329 e. The predicted octanol–water partition coefficient (Wildman–Crippen LogP) is 4.53. The average molecular weight is 303 g/mol. The number of benzene rings is 2. The van der Waals surface area contributed by atoms with E-state index in [1.54, 1.807) is 32.0 Å². The van der Waals surface area contributed by atoms with E-state index in [9.17, 15) is 10.1 Å². The van der Waals surface area contributed by atoms with E-state index in [1.165, 1.54) is 12.1 Å². The van der Waals surface area contributed by atoms with Crippen LogP contribution in [-0.4, -0.2) is 4.92 Å². The second kappa shape index (κ2) is 5.81. The van der Waals surface area contributed by atoms with Gasteiger partial charge in [-0.2, -0.15) is 5.26 Å². The molecule has 2 aromatic rings. The zero-order chi connectivity index (χ0) is 15.6. The van der Waals surface area contributed by atoms with Crippen molar-refractivity contribution in [2.45, 2.75) is 13.8 Å². The van der Waals surface area contributed by atoms with Gasteiger partial charge in [-0.05, 0) is 49.2 Å². The number of halogens is 1. The third-order valence-electron chi connectivity index (χ3n) is 2.93. The van der Waals surface area contributed by atoms with Crippen molar-refractivity contribution in [2.75, 3.05) is 0 Å². The van der Waals surface area contributed by atoms with Crippen molar-refractivity contribution < 1.29 is 9.66 Å². The van der Waals surface area contributed by atoms with Gasteiger partial charge in [0, 0.05) is 0 Å². The smallest absolute Gasteiger partial charge is 0.329 e. The van der Waals surface area contributed by atoms with Crippen molar-refractivity contribution in [1.29, 1.82) is 5.26 Å². The van der Waals surface area contributed by atoms with E-state index >= 15 is 0 Å². The number of nitro groups is 1. The van der Waals surface area contributed by atoms with Gasteiger partial charge in [0.2, 0.25) is 5.75 Å². The summed E-state index contributed by atoms with van der Waals surface area (Å²) in [7, 11) is 0. The first kappa shape index (κ1) is 14.8. The van der Waals surface area contributed by atoms with Crippen LogP contribution in [0, 0.1) is 35.3 Å². The summed E-state index contributed by atoms with van der Waals surface area (Å²) < 4.78 is 5.68. The molecule has 21 heavy (non-hydrogen) atoms. The van der Waals surface area contributed by atoms with Crippen molar-refractivity contribution in [3.63, 3.8) is 0 Å². The molecular formula is C15H11ClN2O3. The Bertz CT molecular complexity index is 743. The van der Waals surface area contributed by atoms with Crippen LogP contribution in [-0.2, 0) is 0 Å². The molecule has 0 N–H and O–H groups in total. The molecule has 106 valence electrons. The molecule has 0 radical (unpaired) electrons. The number of nitro benzene ring substituents is 1. The summed E-state index contributed by atoms with van der Waals surface area (Å²) in [6, 6.07) is 9.89. The minimum atomic E-state index is -0.577. The number of hydrogen-bond acceptors (Lipinski definition) is 4. The van der Waals surface area contributed by atoms with Crippen molar-refractivity contribution in [2.24, 2.45) is 0 Å². The molecule has 0 spiro atoms. The van der Waals surface area contributed by atoms with E-state index in [1.807, 2.05) is 0 Å². The normalized spacial score (nSPS) is 10.0. The monoisotopic (exact) mass is 302 g/mol. The maximum atomic E-state index is 11.1. The minimum absolute atomic E-state index is 0.0152. The van der Waals surface area contributed by atoms with Crippen LogP contribution >= 0.6 is 11.6 Å². The van der Waals surface area contributed by atoms with E-state index in [2.05, 4.69) is 6.07 Å². The molecule has 0 heterocycles. The lowest BCUT2D eigenvalue weighted by atomic mass is 10.1. The van der Waals surface area contributed by atoms with Crippen LogP contribution in [0.25, 0.3) is 0 Å². The summed E-state index contributed by atoms with van der Waals surface area (Å²) in [5.74, 6) is 0.558. The molecule has 0 amide bonds. The Morgan fingerprint density at radius 2 is 1.90 bits per heavy atom. The highest BCUT2D eigenvalue weighted by Gasteiger charge is 2.21. The van der Waals surface area contributed by atoms with Gasteiger partial charge in [0.1, 0.15) is 10.8 Å². The lowest BCUT2D eigenvalue weighted by molar-refractivity contribution is -0.385. The van der Waals surface area contributed by atoms with Crippen LogP contribution in [0.1, 0.15) is 16.7 Å². The van der Waals surface area contributed by atoms with E-state index in [0.717, 1.165) is 11.1 Å². The fourth-order valence-corrected chi connectivity index (χ4v) is 2.28. The summed E-state index contributed by atoms with van der Waals surface area (Å²) >= 11 is 5.85. The van der Waals surface area contributed by atoms with Crippen molar-refractivity contribution in [3.8, 4) is 17.6 Å². The lowest BCUT2D eigenvalue weighted by Gasteiger charge is -2.12. The molecule has 0 bridgehead atoms. The van der Waals surface area contributed by atoms with Gasteiger partial charge in [0.05, 0.1) is 16.6 Å². The first-order valence-corrected chi connectivity index (χ1v) is 6.44. The number of nitriles is 1. The molecule has 2 aromatic carbocycles. The van der Waals surface area contributed by atoms with Crippen molar-refractivity contribution in [3.05, 3.63) is 62.2 Å². The van der Waals surface area contributed by atoms with Crippen LogP contribution in [0.5, 0.6) is 11.5 Å². The average Bonchev–Trinajstić information content (AvgIpc) is 2.42. The van der Waals surface area contributed by atoms with Gasteiger partial charge in [-0.3, -0.25) is 10.1 Å². The van der Waals surface area contributed by atoms with Crippen LogP contribution in [0.4, 0.5) is 5.69 Å². The molecule has 5 nitrogen and oxygen atoms in total. The molecule has 0 saturated heterocycles. The van der Waals surface area contributed by atoms with Crippen molar-refractivity contribution >= 4 is 17.3 Å². The number of ether oxygens (including phenoxy) is 1. The molecule has 0 aliphatic rings. The molecular weight excluding hydrogens is 292 g/mol. The quantitative estimate of drug-likeness (QED) is 0.616. The molecule has 2 rings (SSSR count). The molecule has 0 saturated carbocycles. The third-order valence-corrected chi connectivity index (χ3v) is 3.24. The summed E-state index contributed by atoms with van der Waals surface area (Å²) in [6.07, 6.45) is 0. The van der Waals surface area contributed by atoms with Gasteiger partial charge >= 0.3 is 5.69 Å². The Hall–Kier alpha value is -2.58. The highest BCUT2D eigenvalue weighted by Crippen LogP contribution is 2.39. The highest BCUT2D eigenvalue weighted by atomic mass is 35.5. The fraction of sp³-hybridized carbons (Fsp3) is 0.133. The van der Waals surface area contributed by atoms with Gasteiger partial charge in [0.15, 0.2) is 0 Å². The van der Waals surface area contributed by atoms with Gasteiger partial charge in [-0.1, -0.05) is 17.7 Å². The standard InChI is InChI=1S/C15H11ClN2O3/c1-9-6-11(8-17)7-10(2)15(9)21-13-5-3-4-12(16)14(13)18(19)20/h3-7H,1-2H3. The SMILES string of the molecule is Cc1cc(C#N)cc(C)c1Oc1cccc(Cl)c1[N+](=O)[O-]. The summed E-state index contributed by atoms with van der Waals surface area (Å²) in [4.78, 5) is 10.5. The van der Waals surface area contributed by atoms with Crippen LogP contribution in [0.15, 0.2) is 30.3 Å². The molecule has 0 aliphatic heterocycles. The summed E-state index contributed by atoms with van der Waals surface area (Å²) in [5, 5.41) is 20.0. The first-order valence-electron chi connectivity index (χ1n) is 6.06. The molecule has 0 fully saturated rings. The predicted molar refractivity (Wildman–Crippen MR) is 78.8 cm³/mol. The highest BCUT2D eigenvalue weighted by molar-refractivity contribution is 6.32. The molecule has 0 atom stereocenters. The second-order valence-electron chi connectivity index (χ2n) is 4.50. The fourth-order valence-electron chi connectivity index (χ4n) is 2.04. The Kier molecular flexibility index (Phi) is 4.10. The topological polar surface area (TPSA) is 76.2 Å². The second-order valence-corrected chi connectivity index (χ2v) is 4.90. The van der Waals surface area contributed by atoms with E-state index < -0.39 is 4.92 Å². The summed E-state index contributed by atoms with van der Waals surface area (Å²) in [5.41, 5.74) is 1.68. The van der Waals surface area contributed by atoms with E-state index in [0.29, 0.717) is 11.3 Å². The summed E-state index contributed by atoms with van der Waals surface area (Å²) in [6.45, 7) is 3.55.